The zero-order valence-electron chi connectivity index (χ0n) is 10.9. The van der Waals surface area contributed by atoms with Crippen LogP contribution in [0.25, 0.3) is 0 Å². The van der Waals surface area contributed by atoms with Gasteiger partial charge in [0.1, 0.15) is 5.82 Å². The number of carbonyl (C=O) groups excluding carboxylic acids is 1. The van der Waals surface area contributed by atoms with Crippen molar-refractivity contribution in [2.75, 3.05) is 6.54 Å². The van der Waals surface area contributed by atoms with Gasteiger partial charge in [-0.25, -0.2) is 4.39 Å². The van der Waals surface area contributed by atoms with Gasteiger partial charge in [0, 0.05) is 11.6 Å². The molecule has 0 aliphatic heterocycles. The van der Waals surface area contributed by atoms with Gasteiger partial charge in [0.2, 0.25) is 0 Å². The molecule has 4 heteroatoms. The minimum absolute atomic E-state index is 0.0675. The van der Waals surface area contributed by atoms with Crippen LogP contribution in [0, 0.1) is 23.6 Å². The van der Waals surface area contributed by atoms with Crippen LogP contribution < -0.4 is 11.1 Å². The number of rotatable bonds is 2. The first-order chi connectivity index (χ1) is 9.10. The summed E-state index contributed by atoms with van der Waals surface area (Å²) in [6, 6.07) is 4.54. The monoisotopic (exact) mass is 260 g/mol. The molecule has 0 bridgehead atoms. The third-order valence-electron chi connectivity index (χ3n) is 3.26. The molecule has 1 aromatic rings. The lowest BCUT2D eigenvalue weighted by molar-refractivity contribution is 0.0892. The molecule has 0 spiro atoms. The van der Waals surface area contributed by atoms with E-state index in [1.165, 1.54) is 12.1 Å². The lowest BCUT2D eigenvalue weighted by Gasteiger charge is -2.33. The molecular formula is C15H17FN2O. The van der Waals surface area contributed by atoms with E-state index in [0.717, 1.165) is 12.8 Å². The summed E-state index contributed by atoms with van der Waals surface area (Å²) in [7, 11) is 0. The normalized spacial score (nSPS) is 21.0. The number of carbonyl (C=O) groups is 1. The second kappa shape index (κ2) is 5.85. The lowest BCUT2D eigenvalue weighted by Crippen LogP contribution is -2.43. The minimum Gasteiger partial charge on any atom is -0.349 e. The Labute approximate surface area is 112 Å². The van der Waals surface area contributed by atoms with Crippen molar-refractivity contribution < 1.29 is 9.18 Å². The summed E-state index contributed by atoms with van der Waals surface area (Å²) in [6.07, 6.45) is 1.93. The van der Waals surface area contributed by atoms with Crippen LogP contribution in [0.5, 0.6) is 0 Å². The smallest absolute Gasteiger partial charge is 0.254 e. The Morgan fingerprint density at radius 3 is 2.84 bits per heavy atom. The summed E-state index contributed by atoms with van der Waals surface area (Å²) in [6.45, 7) is 2.36. The SMILES string of the molecule is CC1CC(NC(=O)c2ccc(C#CCN)cc2F)C1. The number of hydrogen-bond donors (Lipinski definition) is 2. The summed E-state index contributed by atoms with van der Waals surface area (Å²) in [5.41, 5.74) is 5.84. The first kappa shape index (κ1) is 13.6. The van der Waals surface area contributed by atoms with Gasteiger partial charge in [-0.2, -0.15) is 0 Å². The highest BCUT2D eigenvalue weighted by molar-refractivity contribution is 5.94. The molecule has 0 unspecified atom stereocenters. The van der Waals surface area contributed by atoms with Crippen LogP contribution in [0.3, 0.4) is 0 Å². The fraction of sp³-hybridized carbons (Fsp3) is 0.400. The number of nitrogens with two attached hydrogens (primary N) is 1. The van der Waals surface area contributed by atoms with E-state index in [9.17, 15) is 9.18 Å². The third-order valence-corrected chi connectivity index (χ3v) is 3.26. The van der Waals surface area contributed by atoms with Gasteiger partial charge in [0.05, 0.1) is 12.1 Å². The summed E-state index contributed by atoms with van der Waals surface area (Å²) in [5, 5.41) is 2.83. The maximum atomic E-state index is 13.8. The number of benzene rings is 1. The molecule has 0 radical (unpaired) electrons. The van der Waals surface area contributed by atoms with E-state index in [1.807, 2.05) is 0 Å². The summed E-state index contributed by atoms with van der Waals surface area (Å²) in [5.74, 6) is 5.12. The van der Waals surface area contributed by atoms with Crippen LogP contribution in [0.4, 0.5) is 4.39 Å². The molecule has 0 heterocycles. The summed E-state index contributed by atoms with van der Waals surface area (Å²) in [4.78, 5) is 11.9. The highest BCUT2D eigenvalue weighted by Gasteiger charge is 2.27. The van der Waals surface area contributed by atoms with Crippen LogP contribution in [0.2, 0.25) is 0 Å². The fourth-order valence-corrected chi connectivity index (χ4v) is 2.21. The van der Waals surface area contributed by atoms with Crippen molar-refractivity contribution in [2.45, 2.75) is 25.8 Å². The first-order valence-corrected chi connectivity index (χ1v) is 6.39. The van der Waals surface area contributed by atoms with Gasteiger partial charge in [0.15, 0.2) is 0 Å². The van der Waals surface area contributed by atoms with Crippen LogP contribution in [-0.2, 0) is 0 Å². The Bertz CT molecular complexity index is 539. The number of halogens is 1. The van der Waals surface area contributed by atoms with Crippen molar-refractivity contribution in [3.05, 3.63) is 35.1 Å². The van der Waals surface area contributed by atoms with Crippen molar-refractivity contribution >= 4 is 5.91 Å². The molecule has 1 saturated carbocycles. The Balaban J connectivity index is 2.05. The molecule has 1 aliphatic carbocycles. The Hall–Kier alpha value is -1.86. The molecule has 1 amide bonds. The van der Waals surface area contributed by atoms with Crippen molar-refractivity contribution in [3.8, 4) is 11.8 Å². The predicted molar refractivity (Wildman–Crippen MR) is 72.0 cm³/mol. The van der Waals surface area contributed by atoms with Crippen LogP contribution in [0.15, 0.2) is 18.2 Å². The second-order valence-corrected chi connectivity index (χ2v) is 4.95. The van der Waals surface area contributed by atoms with Crippen molar-refractivity contribution in [1.82, 2.24) is 5.32 Å². The van der Waals surface area contributed by atoms with Gasteiger partial charge < -0.3 is 11.1 Å². The summed E-state index contributed by atoms with van der Waals surface area (Å²) < 4.78 is 13.8. The summed E-state index contributed by atoms with van der Waals surface area (Å²) >= 11 is 0. The third kappa shape index (κ3) is 3.33. The van der Waals surface area contributed by atoms with Gasteiger partial charge in [-0.05, 0) is 37.0 Å². The standard InChI is InChI=1S/C15H17FN2O/c1-10-7-12(8-10)18-15(19)13-5-4-11(3-2-6-17)9-14(13)16/h4-5,9-10,12H,6-8,17H2,1H3,(H,18,19). The van der Waals surface area contributed by atoms with E-state index in [0.29, 0.717) is 11.5 Å². The van der Waals surface area contributed by atoms with Crippen LogP contribution in [-0.4, -0.2) is 18.5 Å². The second-order valence-electron chi connectivity index (χ2n) is 4.95. The van der Waals surface area contributed by atoms with Crippen LogP contribution >= 0.6 is 0 Å². The van der Waals surface area contributed by atoms with Crippen LogP contribution in [0.1, 0.15) is 35.7 Å². The topological polar surface area (TPSA) is 55.1 Å². The van der Waals surface area contributed by atoms with Gasteiger partial charge in [0.25, 0.3) is 5.91 Å². The van der Waals surface area contributed by atoms with E-state index in [-0.39, 0.29) is 24.1 Å². The van der Waals surface area contributed by atoms with Crippen molar-refractivity contribution in [1.29, 1.82) is 0 Å². The molecule has 0 saturated heterocycles. The van der Waals surface area contributed by atoms with Gasteiger partial charge in [-0.3, -0.25) is 4.79 Å². The Morgan fingerprint density at radius 2 is 2.26 bits per heavy atom. The molecule has 19 heavy (non-hydrogen) atoms. The molecule has 100 valence electrons. The van der Waals surface area contributed by atoms with Crippen molar-refractivity contribution in [3.63, 3.8) is 0 Å². The maximum absolute atomic E-state index is 13.8. The lowest BCUT2D eigenvalue weighted by atomic mass is 9.82. The maximum Gasteiger partial charge on any atom is 0.254 e. The Kier molecular flexibility index (Phi) is 4.18. The molecule has 2 rings (SSSR count). The van der Waals surface area contributed by atoms with Gasteiger partial charge >= 0.3 is 0 Å². The Morgan fingerprint density at radius 1 is 1.53 bits per heavy atom. The zero-order chi connectivity index (χ0) is 13.8. The molecule has 3 nitrogen and oxygen atoms in total. The van der Waals surface area contributed by atoms with Crippen molar-refractivity contribution in [2.24, 2.45) is 11.7 Å². The molecule has 0 aromatic heterocycles. The fourth-order valence-electron chi connectivity index (χ4n) is 2.21. The van der Waals surface area contributed by atoms with E-state index in [2.05, 4.69) is 24.1 Å². The number of amides is 1. The minimum atomic E-state index is -0.548. The van der Waals surface area contributed by atoms with E-state index < -0.39 is 5.82 Å². The largest absolute Gasteiger partial charge is 0.349 e. The first-order valence-electron chi connectivity index (χ1n) is 6.39. The average molecular weight is 260 g/mol. The highest BCUT2D eigenvalue weighted by atomic mass is 19.1. The van der Waals surface area contributed by atoms with E-state index in [4.69, 9.17) is 5.73 Å². The van der Waals surface area contributed by atoms with Gasteiger partial charge in [-0.15, -0.1) is 0 Å². The predicted octanol–water partition coefficient (Wildman–Crippen LogP) is 1.66. The molecule has 0 atom stereocenters. The molecule has 1 aromatic carbocycles. The zero-order valence-corrected chi connectivity index (χ0v) is 10.9. The van der Waals surface area contributed by atoms with E-state index in [1.54, 1.807) is 6.07 Å². The molecular weight excluding hydrogens is 243 g/mol. The highest BCUT2D eigenvalue weighted by Crippen LogP contribution is 2.26. The molecule has 1 aliphatic rings. The molecule has 1 fully saturated rings. The van der Waals surface area contributed by atoms with E-state index >= 15 is 0 Å². The van der Waals surface area contributed by atoms with Gasteiger partial charge in [-0.1, -0.05) is 18.8 Å². The number of hydrogen-bond acceptors (Lipinski definition) is 2. The average Bonchev–Trinajstić information content (AvgIpc) is 2.34. The number of nitrogens with one attached hydrogen (secondary N) is 1. The quantitative estimate of drug-likeness (QED) is 0.795. The molecule has 3 N–H and O–H groups in total.